The van der Waals surface area contributed by atoms with Gasteiger partial charge in [0.05, 0.1) is 18.8 Å². The van der Waals surface area contributed by atoms with E-state index in [1.807, 2.05) is 0 Å². The Morgan fingerprint density at radius 3 is 2.49 bits per heavy atom. The summed E-state index contributed by atoms with van der Waals surface area (Å²) in [5.74, 6) is 6.63. The van der Waals surface area contributed by atoms with E-state index in [1.165, 1.54) is 16.7 Å². The summed E-state index contributed by atoms with van der Waals surface area (Å²) in [7, 11) is 0. The average Bonchev–Trinajstić information content (AvgIpc) is 3.27. The SMILES string of the molecule is CC1(C)COC2(CCC3=C4[C@@H](CC[C@@]3(O)C2)[C@@H]2CC[C@@](O)(C#CCOC3CCCCO3)[C@@]2(C)C[C@@H]4c2ccccc2)OC1. The highest BCUT2D eigenvalue weighted by Gasteiger charge is 2.64. The molecule has 1 unspecified atom stereocenters. The molecule has 1 aromatic carbocycles. The number of aliphatic hydroxyl groups is 2. The van der Waals surface area contributed by atoms with Crippen LogP contribution in [-0.2, 0) is 18.9 Å². The van der Waals surface area contributed by atoms with Gasteiger partial charge in [-0.05, 0) is 80.8 Å². The molecule has 4 aliphatic carbocycles. The van der Waals surface area contributed by atoms with E-state index in [1.54, 1.807) is 0 Å². The second kappa shape index (κ2) is 11.0. The minimum Gasteiger partial charge on any atom is -0.385 e. The first-order chi connectivity index (χ1) is 20.6. The number of hydrogen-bond donors (Lipinski definition) is 2. The molecule has 7 rings (SSSR count). The molecule has 1 aromatic rings. The number of ether oxygens (including phenoxy) is 4. The third-order valence-electron chi connectivity index (χ3n) is 12.0. The molecular formula is C37H50O6. The fourth-order valence-electron chi connectivity index (χ4n) is 9.61. The predicted molar refractivity (Wildman–Crippen MR) is 164 cm³/mol. The van der Waals surface area contributed by atoms with Crippen molar-refractivity contribution >= 4 is 0 Å². The molecule has 0 radical (unpaired) electrons. The zero-order valence-electron chi connectivity index (χ0n) is 26.3. The molecular weight excluding hydrogens is 540 g/mol. The van der Waals surface area contributed by atoms with Crippen molar-refractivity contribution in [2.75, 3.05) is 26.4 Å². The monoisotopic (exact) mass is 590 g/mol. The molecule has 0 amide bonds. The predicted octanol–water partition coefficient (Wildman–Crippen LogP) is 6.26. The van der Waals surface area contributed by atoms with Crippen LogP contribution >= 0.6 is 0 Å². The fraction of sp³-hybridized carbons (Fsp3) is 0.730. The summed E-state index contributed by atoms with van der Waals surface area (Å²) in [5.41, 5.74) is 1.58. The Morgan fingerprint density at radius 2 is 1.74 bits per heavy atom. The number of fused-ring (bicyclic) bond motifs is 4. The number of rotatable bonds is 3. The maximum absolute atomic E-state index is 12.4. The van der Waals surface area contributed by atoms with E-state index < -0.39 is 17.0 Å². The molecule has 6 heteroatoms. The highest BCUT2D eigenvalue weighted by Crippen LogP contribution is 2.67. The van der Waals surface area contributed by atoms with Gasteiger partial charge in [0, 0.05) is 36.2 Å². The summed E-state index contributed by atoms with van der Waals surface area (Å²) in [5, 5.41) is 24.7. The normalized spacial score (nSPS) is 41.5. The van der Waals surface area contributed by atoms with Crippen LogP contribution in [0.5, 0.6) is 0 Å². The van der Waals surface area contributed by atoms with Gasteiger partial charge in [0.15, 0.2) is 12.1 Å². The Kier molecular flexibility index (Phi) is 7.64. The lowest BCUT2D eigenvalue weighted by molar-refractivity contribution is -0.322. The van der Waals surface area contributed by atoms with Gasteiger partial charge in [-0.3, -0.25) is 0 Å². The van der Waals surface area contributed by atoms with Gasteiger partial charge in [0.1, 0.15) is 12.2 Å². The van der Waals surface area contributed by atoms with Gasteiger partial charge in [-0.25, -0.2) is 0 Å². The van der Waals surface area contributed by atoms with Crippen LogP contribution in [0.4, 0.5) is 0 Å². The van der Waals surface area contributed by atoms with E-state index in [4.69, 9.17) is 18.9 Å². The van der Waals surface area contributed by atoms with Crippen LogP contribution in [0.25, 0.3) is 0 Å². The van der Waals surface area contributed by atoms with Crippen LogP contribution in [0, 0.1) is 34.5 Å². The number of benzene rings is 1. The minimum atomic E-state index is -1.07. The van der Waals surface area contributed by atoms with Gasteiger partial charge in [-0.2, -0.15) is 0 Å². The van der Waals surface area contributed by atoms with Crippen molar-refractivity contribution in [2.45, 2.75) is 121 Å². The van der Waals surface area contributed by atoms with Crippen LogP contribution in [0.2, 0.25) is 0 Å². The summed E-state index contributed by atoms with van der Waals surface area (Å²) in [6, 6.07) is 10.8. The lowest BCUT2D eigenvalue weighted by Gasteiger charge is -2.58. The third kappa shape index (κ3) is 5.23. The molecule has 0 aromatic heterocycles. The van der Waals surface area contributed by atoms with Crippen molar-refractivity contribution in [1.29, 1.82) is 0 Å². The standard InChI is InChI=1S/C37H50O6/c1-33(2)24-42-37(43-25-33)19-15-30-32-27(13-17-35(30,38)23-37)29-14-18-36(39,16-9-21-41-31-12-7-8-20-40-31)34(29,3)22-28(32)26-10-5-4-6-11-26/h4-6,10-11,27-29,31,38-39H,7-8,12-15,17-25H2,1-3H3/t27-,28+,29-,31?,34-,35+,36-/m0/s1. The average molecular weight is 591 g/mol. The highest BCUT2D eigenvalue weighted by atomic mass is 16.7. The third-order valence-corrected chi connectivity index (χ3v) is 12.0. The van der Waals surface area contributed by atoms with E-state index in [0.29, 0.717) is 44.3 Å². The Bertz CT molecular complexity index is 1280. The largest absolute Gasteiger partial charge is 0.385 e. The molecule has 7 atom stereocenters. The minimum absolute atomic E-state index is 0.00552. The van der Waals surface area contributed by atoms with E-state index in [9.17, 15) is 10.2 Å². The molecule has 2 saturated heterocycles. The van der Waals surface area contributed by atoms with Gasteiger partial charge >= 0.3 is 0 Å². The lowest BCUT2D eigenvalue weighted by atomic mass is 9.49. The van der Waals surface area contributed by atoms with Crippen molar-refractivity contribution in [3.8, 4) is 11.8 Å². The first-order valence-corrected chi connectivity index (χ1v) is 16.8. The van der Waals surface area contributed by atoms with Crippen LogP contribution in [0.15, 0.2) is 41.5 Å². The molecule has 6 nitrogen and oxygen atoms in total. The molecule has 1 spiro atoms. The first kappa shape index (κ1) is 30.0. The molecule has 3 saturated carbocycles. The number of allylic oxidation sites excluding steroid dienone is 1. The zero-order valence-corrected chi connectivity index (χ0v) is 26.3. The van der Waals surface area contributed by atoms with Gasteiger partial charge in [-0.1, -0.05) is 68.5 Å². The maximum atomic E-state index is 12.4. The molecule has 234 valence electrons. The van der Waals surface area contributed by atoms with Crippen molar-refractivity contribution in [3.05, 3.63) is 47.0 Å². The fourth-order valence-corrected chi connectivity index (χ4v) is 9.61. The summed E-state index contributed by atoms with van der Waals surface area (Å²) in [4.78, 5) is 0. The molecule has 2 aliphatic heterocycles. The van der Waals surface area contributed by atoms with Crippen LogP contribution in [0.1, 0.15) is 103 Å². The van der Waals surface area contributed by atoms with Crippen molar-refractivity contribution in [2.24, 2.45) is 22.7 Å². The molecule has 5 fully saturated rings. The lowest BCUT2D eigenvalue weighted by Crippen LogP contribution is -2.58. The molecule has 6 aliphatic rings. The highest BCUT2D eigenvalue weighted by molar-refractivity contribution is 5.45. The maximum Gasteiger partial charge on any atom is 0.171 e. The van der Waals surface area contributed by atoms with Gasteiger partial charge in [-0.15, -0.1) is 0 Å². The Hall–Kier alpha value is -1.72. The zero-order chi connectivity index (χ0) is 29.9. The van der Waals surface area contributed by atoms with E-state index >= 15 is 0 Å². The topological polar surface area (TPSA) is 77.4 Å². The van der Waals surface area contributed by atoms with Crippen molar-refractivity contribution in [1.82, 2.24) is 0 Å². The van der Waals surface area contributed by atoms with E-state index in [-0.39, 0.29) is 29.6 Å². The van der Waals surface area contributed by atoms with Gasteiger partial charge < -0.3 is 29.2 Å². The summed E-state index contributed by atoms with van der Waals surface area (Å²) >= 11 is 0. The second-order valence-corrected chi connectivity index (χ2v) is 15.4. The van der Waals surface area contributed by atoms with Crippen LogP contribution < -0.4 is 0 Å². The smallest absolute Gasteiger partial charge is 0.171 e. The number of hydrogen-bond acceptors (Lipinski definition) is 6. The van der Waals surface area contributed by atoms with Crippen LogP contribution in [0.3, 0.4) is 0 Å². The van der Waals surface area contributed by atoms with Crippen molar-refractivity contribution in [3.63, 3.8) is 0 Å². The quantitative estimate of drug-likeness (QED) is 0.320. The first-order valence-electron chi connectivity index (χ1n) is 16.8. The van der Waals surface area contributed by atoms with E-state index in [0.717, 1.165) is 58.0 Å². The Labute approximate surface area is 257 Å². The van der Waals surface area contributed by atoms with Crippen LogP contribution in [-0.4, -0.2) is 59.9 Å². The van der Waals surface area contributed by atoms with Gasteiger partial charge in [0.25, 0.3) is 0 Å². The molecule has 43 heavy (non-hydrogen) atoms. The molecule has 2 N–H and O–H groups in total. The van der Waals surface area contributed by atoms with Crippen molar-refractivity contribution < 1.29 is 29.2 Å². The second-order valence-electron chi connectivity index (χ2n) is 15.4. The Balaban J connectivity index is 1.20. The van der Waals surface area contributed by atoms with E-state index in [2.05, 4.69) is 62.9 Å². The molecule has 0 bridgehead atoms. The Morgan fingerprint density at radius 1 is 0.953 bits per heavy atom. The summed E-state index contributed by atoms with van der Waals surface area (Å²) in [6.07, 6.45) is 9.07. The summed E-state index contributed by atoms with van der Waals surface area (Å²) < 4.78 is 24.4. The van der Waals surface area contributed by atoms with Gasteiger partial charge in [0.2, 0.25) is 0 Å². The summed E-state index contributed by atoms with van der Waals surface area (Å²) in [6.45, 7) is 8.96. The molecule has 2 heterocycles.